The van der Waals surface area contributed by atoms with Crippen LogP contribution in [0.5, 0.6) is 0 Å². The Hall–Kier alpha value is -1.56. The van der Waals surface area contributed by atoms with Gasteiger partial charge in [-0.15, -0.1) is 0 Å². The first-order valence-corrected chi connectivity index (χ1v) is 7.95. The second-order valence-corrected chi connectivity index (χ2v) is 6.55. The highest BCUT2D eigenvalue weighted by molar-refractivity contribution is 5.77. The highest BCUT2D eigenvalue weighted by Gasteiger charge is 2.54. The number of benzene rings is 1. The average molecular weight is 327 g/mol. The van der Waals surface area contributed by atoms with Crippen LogP contribution in [0.4, 0.5) is 13.2 Å². The molecule has 0 spiro atoms. The fourth-order valence-corrected chi connectivity index (χ4v) is 3.61. The lowest BCUT2D eigenvalue weighted by Gasteiger charge is -2.39. The molecule has 1 aliphatic carbocycles. The summed E-state index contributed by atoms with van der Waals surface area (Å²) in [7, 11) is 0. The van der Waals surface area contributed by atoms with E-state index < -0.39 is 24.6 Å². The van der Waals surface area contributed by atoms with Crippen molar-refractivity contribution in [2.24, 2.45) is 0 Å². The molecule has 6 heteroatoms. The lowest BCUT2D eigenvalue weighted by molar-refractivity contribution is -0.272. The summed E-state index contributed by atoms with van der Waals surface area (Å²) in [4.78, 5) is 13.8. The van der Waals surface area contributed by atoms with Gasteiger partial charge in [-0.3, -0.25) is 4.79 Å². The van der Waals surface area contributed by atoms with Crippen LogP contribution in [0.15, 0.2) is 24.3 Å². The summed E-state index contributed by atoms with van der Waals surface area (Å²) >= 11 is 0. The van der Waals surface area contributed by atoms with E-state index in [2.05, 4.69) is 6.07 Å². The molecule has 2 aliphatic rings. The lowest BCUT2D eigenvalue weighted by atomic mass is 9.90. The zero-order valence-corrected chi connectivity index (χ0v) is 12.8. The molecule has 3 nitrogen and oxygen atoms in total. The number of aliphatic hydroxyl groups is 1. The summed E-state index contributed by atoms with van der Waals surface area (Å²) in [6, 6.07) is 8.01. The molecule has 1 unspecified atom stereocenters. The van der Waals surface area contributed by atoms with Crippen LogP contribution in [-0.2, 0) is 11.2 Å². The molecule has 1 saturated heterocycles. The number of piperidine rings is 1. The molecule has 1 aromatic rings. The van der Waals surface area contributed by atoms with Crippen LogP contribution >= 0.6 is 0 Å². The molecule has 0 bridgehead atoms. The SMILES string of the molecule is O=C(CC1CCc2ccccc21)N1CCC(O)(C(F)(F)F)CC1. The first-order chi connectivity index (χ1) is 10.8. The summed E-state index contributed by atoms with van der Waals surface area (Å²) in [5, 5.41) is 9.66. The number of alkyl halides is 3. The molecule has 0 radical (unpaired) electrons. The molecule has 1 N–H and O–H groups in total. The van der Waals surface area contributed by atoms with Gasteiger partial charge in [0.1, 0.15) is 0 Å². The predicted octanol–water partition coefficient (Wildman–Crippen LogP) is 3.02. The summed E-state index contributed by atoms with van der Waals surface area (Å²) < 4.78 is 38.4. The maximum atomic E-state index is 12.8. The van der Waals surface area contributed by atoms with Crippen LogP contribution in [-0.4, -0.2) is 40.8 Å². The van der Waals surface area contributed by atoms with Gasteiger partial charge in [-0.1, -0.05) is 24.3 Å². The molecule has 3 rings (SSSR count). The molecule has 0 saturated carbocycles. The number of aryl methyl sites for hydroxylation is 1. The van der Waals surface area contributed by atoms with E-state index in [0.717, 1.165) is 12.8 Å². The zero-order chi connectivity index (χ0) is 16.7. The van der Waals surface area contributed by atoms with Crippen LogP contribution < -0.4 is 0 Å². The number of fused-ring (bicyclic) bond motifs is 1. The molecule has 1 amide bonds. The van der Waals surface area contributed by atoms with Gasteiger partial charge in [-0.25, -0.2) is 0 Å². The van der Waals surface area contributed by atoms with Crippen LogP contribution in [0, 0.1) is 0 Å². The zero-order valence-electron chi connectivity index (χ0n) is 12.8. The van der Waals surface area contributed by atoms with E-state index in [4.69, 9.17) is 0 Å². The van der Waals surface area contributed by atoms with E-state index in [9.17, 15) is 23.1 Å². The third kappa shape index (κ3) is 3.09. The number of hydrogen-bond acceptors (Lipinski definition) is 2. The van der Waals surface area contributed by atoms with Gasteiger partial charge in [-0.05, 0) is 29.9 Å². The Morgan fingerprint density at radius 3 is 2.57 bits per heavy atom. The monoisotopic (exact) mass is 327 g/mol. The van der Waals surface area contributed by atoms with Gasteiger partial charge in [-0.2, -0.15) is 13.2 Å². The topological polar surface area (TPSA) is 40.5 Å². The standard InChI is InChI=1S/C17H20F3NO2/c18-17(19,20)16(23)7-9-21(10-8-16)15(22)11-13-6-5-12-3-1-2-4-14(12)13/h1-4,13,23H,5-11H2. The van der Waals surface area contributed by atoms with E-state index >= 15 is 0 Å². The van der Waals surface area contributed by atoms with Crippen molar-refractivity contribution in [2.75, 3.05) is 13.1 Å². The highest BCUT2D eigenvalue weighted by atomic mass is 19.4. The minimum absolute atomic E-state index is 0.0385. The fourth-order valence-electron chi connectivity index (χ4n) is 3.61. The molecule has 126 valence electrons. The van der Waals surface area contributed by atoms with Gasteiger partial charge >= 0.3 is 6.18 Å². The second-order valence-electron chi connectivity index (χ2n) is 6.55. The Kier molecular flexibility index (Phi) is 4.12. The van der Waals surface area contributed by atoms with Crippen LogP contribution in [0.25, 0.3) is 0 Å². The molecule has 1 atom stereocenters. The number of hydrogen-bond donors (Lipinski definition) is 1. The van der Waals surface area contributed by atoms with Gasteiger partial charge in [0.2, 0.25) is 5.91 Å². The number of halogens is 3. The van der Waals surface area contributed by atoms with E-state index in [1.165, 1.54) is 16.0 Å². The number of nitrogens with zero attached hydrogens (tertiary/aromatic N) is 1. The van der Waals surface area contributed by atoms with Crippen LogP contribution in [0.3, 0.4) is 0 Å². The average Bonchev–Trinajstić information content (AvgIpc) is 2.90. The summed E-state index contributed by atoms with van der Waals surface area (Å²) in [6.07, 6.45) is -3.33. The highest BCUT2D eigenvalue weighted by Crippen LogP contribution is 2.39. The molecule has 23 heavy (non-hydrogen) atoms. The first kappa shape index (κ1) is 16.3. The Balaban J connectivity index is 1.59. The fraction of sp³-hybridized carbons (Fsp3) is 0.588. The van der Waals surface area contributed by atoms with Gasteiger partial charge in [0.05, 0.1) is 0 Å². The first-order valence-electron chi connectivity index (χ1n) is 7.95. The maximum Gasteiger partial charge on any atom is 0.417 e. The molecular formula is C17H20F3NO2. The Morgan fingerprint density at radius 2 is 1.91 bits per heavy atom. The van der Waals surface area contributed by atoms with Crippen molar-refractivity contribution in [2.45, 2.75) is 49.8 Å². The molecular weight excluding hydrogens is 307 g/mol. The molecule has 1 aliphatic heterocycles. The van der Waals surface area contributed by atoms with Crippen LogP contribution in [0.1, 0.15) is 42.7 Å². The van der Waals surface area contributed by atoms with Crippen molar-refractivity contribution in [3.05, 3.63) is 35.4 Å². The second kappa shape index (κ2) is 5.82. The van der Waals surface area contributed by atoms with E-state index in [1.54, 1.807) is 0 Å². The number of likely N-dealkylation sites (tertiary alicyclic amines) is 1. The number of carbonyl (C=O) groups excluding carboxylic acids is 1. The van der Waals surface area contributed by atoms with Gasteiger partial charge in [0.15, 0.2) is 5.60 Å². The molecule has 0 aromatic heterocycles. The summed E-state index contributed by atoms with van der Waals surface area (Å²) in [5.41, 5.74) is -0.205. The van der Waals surface area contributed by atoms with Crippen molar-refractivity contribution in [1.29, 1.82) is 0 Å². The van der Waals surface area contributed by atoms with Crippen molar-refractivity contribution in [3.63, 3.8) is 0 Å². The summed E-state index contributed by atoms with van der Waals surface area (Å²) in [6.45, 7) is -0.0770. The van der Waals surface area contributed by atoms with E-state index in [0.29, 0.717) is 6.42 Å². The Morgan fingerprint density at radius 1 is 1.26 bits per heavy atom. The van der Waals surface area contributed by atoms with Gasteiger partial charge in [0.25, 0.3) is 0 Å². The van der Waals surface area contributed by atoms with Gasteiger partial charge in [0, 0.05) is 32.4 Å². The smallest absolute Gasteiger partial charge is 0.380 e. The van der Waals surface area contributed by atoms with Crippen molar-refractivity contribution < 1.29 is 23.1 Å². The lowest BCUT2D eigenvalue weighted by Crippen LogP contribution is -2.54. The van der Waals surface area contributed by atoms with Crippen molar-refractivity contribution >= 4 is 5.91 Å². The number of carbonyl (C=O) groups is 1. The Labute approximate surface area is 133 Å². The van der Waals surface area contributed by atoms with E-state index in [-0.39, 0.29) is 24.9 Å². The molecule has 1 fully saturated rings. The normalized spacial score (nSPS) is 23.7. The quantitative estimate of drug-likeness (QED) is 0.907. The third-order valence-electron chi connectivity index (χ3n) is 5.15. The molecule has 1 aromatic carbocycles. The van der Waals surface area contributed by atoms with Crippen LogP contribution in [0.2, 0.25) is 0 Å². The van der Waals surface area contributed by atoms with Crippen molar-refractivity contribution in [3.8, 4) is 0 Å². The Bertz CT molecular complexity index is 592. The van der Waals surface area contributed by atoms with E-state index in [1.807, 2.05) is 18.2 Å². The maximum absolute atomic E-state index is 12.8. The van der Waals surface area contributed by atoms with Crippen molar-refractivity contribution in [1.82, 2.24) is 4.90 Å². The number of amides is 1. The predicted molar refractivity (Wildman–Crippen MR) is 78.9 cm³/mol. The third-order valence-corrected chi connectivity index (χ3v) is 5.15. The minimum Gasteiger partial charge on any atom is -0.380 e. The molecule has 1 heterocycles. The number of rotatable bonds is 2. The largest absolute Gasteiger partial charge is 0.417 e. The van der Waals surface area contributed by atoms with Gasteiger partial charge < -0.3 is 10.0 Å². The summed E-state index contributed by atoms with van der Waals surface area (Å²) in [5.74, 6) is 0.0399. The minimum atomic E-state index is -4.63.